The highest BCUT2D eigenvalue weighted by Gasteiger charge is 2.20. The average Bonchev–Trinajstić information content (AvgIpc) is 3.24. The van der Waals surface area contributed by atoms with Gasteiger partial charge < -0.3 is 5.73 Å². The second kappa shape index (κ2) is 6.69. The first-order chi connectivity index (χ1) is 13.4. The Bertz CT molecular complexity index is 1250. The number of rotatable bonds is 3. The van der Waals surface area contributed by atoms with Crippen molar-refractivity contribution in [1.29, 1.82) is 5.26 Å². The van der Waals surface area contributed by atoms with Gasteiger partial charge in [0, 0.05) is 15.9 Å². The van der Waals surface area contributed by atoms with Gasteiger partial charge in [-0.1, -0.05) is 0 Å². The summed E-state index contributed by atoms with van der Waals surface area (Å²) in [4.78, 5) is 8.71. The highest BCUT2D eigenvalue weighted by atomic mass is 79.9. The highest BCUT2D eigenvalue weighted by molar-refractivity contribution is 9.10. The lowest BCUT2D eigenvalue weighted by atomic mass is 10.2. The van der Waals surface area contributed by atoms with E-state index >= 15 is 0 Å². The van der Waals surface area contributed by atoms with Gasteiger partial charge in [0.25, 0.3) is 6.43 Å². The monoisotopic (exact) mass is 443 g/mol. The van der Waals surface area contributed by atoms with Crippen molar-refractivity contribution >= 4 is 32.7 Å². The molecular weight excluding hydrogens is 432 g/mol. The number of hydrogen-bond acceptors (Lipinski definition) is 5. The third-order valence-electron chi connectivity index (χ3n) is 4.24. The Hall–Kier alpha value is -3.32. The van der Waals surface area contributed by atoms with Gasteiger partial charge in [0.05, 0.1) is 16.6 Å². The molecule has 0 radical (unpaired) electrons. The summed E-state index contributed by atoms with van der Waals surface area (Å²) in [5, 5.41) is 13.1. The number of anilines is 1. The van der Waals surface area contributed by atoms with Crippen molar-refractivity contribution in [3.05, 3.63) is 58.1 Å². The molecule has 0 aliphatic heterocycles. The number of nitriles is 1. The summed E-state index contributed by atoms with van der Waals surface area (Å²) < 4.78 is 30.8. The van der Waals surface area contributed by atoms with Crippen LogP contribution in [0.5, 0.6) is 0 Å². The fraction of sp³-hybridized carbons (Fsp3) is 0.111. The summed E-state index contributed by atoms with van der Waals surface area (Å²) in [6, 6.07) is 9.68. The van der Waals surface area contributed by atoms with Gasteiger partial charge in [-0.3, -0.25) is 4.57 Å². The lowest BCUT2D eigenvalue weighted by Gasteiger charge is -2.12. The molecule has 0 bridgehead atoms. The molecule has 140 valence electrons. The van der Waals surface area contributed by atoms with Gasteiger partial charge in [0.15, 0.2) is 11.5 Å². The predicted octanol–water partition coefficient (Wildman–Crippen LogP) is 4.07. The van der Waals surface area contributed by atoms with Crippen LogP contribution in [0.15, 0.2) is 41.1 Å². The number of alkyl halides is 2. The second-order valence-electron chi connectivity index (χ2n) is 6.05. The van der Waals surface area contributed by atoms with E-state index in [2.05, 4.69) is 31.0 Å². The first-order valence-electron chi connectivity index (χ1n) is 8.07. The summed E-state index contributed by atoms with van der Waals surface area (Å²) in [6.45, 7) is 1.67. The van der Waals surface area contributed by atoms with Crippen LogP contribution in [0.1, 0.15) is 23.4 Å². The molecule has 0 aliphatic carbocycles. The van der Waals surface area contributed by atoms with Crippen molar-refractivity contribution in [2.24, 2.45) is 0 Å². The molecule has 3 aromatic heterocycles. The summed E-state index contributed by atoms with van der Waals surface area (Å²) in [6.07, 6.45) is -1.21. The number of fused-ring (bicyclic) bond motifs is 1. The number of hydrogen-bond donors (Lipinski definition) is 1. The summed E-state index contributed by atoms with van der Waals surface area (Å²) >= 11 is 3.36. The van der Waals surface area contributed by atoms with Crippen LogP contribution in [-0.4, -0.2) is 24.3 Å². The van der Waals surface area contributed by atoms with Crippen LogP contribution >= 0.6 is 15.9 Å². The number of nitrogens with zero attached hydrogens (tertiary/aromatic N) is 6. The Kier molecular flexibility index (Phi) is 4.31. The number of pyridine rings is 1. The van der Waals surface area contributed by atoms with Crippen LogP contribution in [0.2, 0.25) is 0 Å². The molecule has 0 atom stereocenters. The molecule has 0 amide bonds. The average molecular weight is 444 g/mol. The molecule has 1 aromatic carbocycles. The fourth-order valence-electron chi connectivity index (χ4n) is 2.90. The number of halogens is 3. The summed E-state index contributed by atoms with van der Waals surface area (Å²) in [5.74, 6) is 0.329. The van der Waals surface area contributed by atoms with Gasteiger partial charge in [-0.2, -0.15) is 10.4 Å². The minimum atomic E-state index is -2.75. The van der Waals surface area contributed by atoms with E-state index in [-0.39, 0.29) is 17.1 Å². The molecule has 2 N–H and O–H groups in total. The Balaban J connectivity index is 1.94. The van der Waals surface area contributed by atoms with Crippen LogP contribution in [0, 0.1) is 18.3 Å². The van der Waals surface area contributed by atoms with Crippen LogP contribution in [0.25, 0.3) is 22.7 Å². The molecule has 3 heterocycles. The number of imidazole rings is 1. The number of aryl methyl sites for hydroxylation is 1. The molecule has 4 rings (SSSR count). The lowest BCUT2D eigenvalue weighted by molar-refractivity contribution is 0.150. The zero-order valence-corrected chi connectivity index (χ0v) is 16.0. The number of aromatic nitrogens is 5. The van der Waals surface area contributed by atoms with Crippen molar-refractivity contribution in [1.82, 2.24) is 24.3 Å². The topological polar surface area (TPSA) is 98.3 Å². The second-order valence-corrected chi connectivity index (χ2v) is 6.91. The van der Waals surface area contributed by atoms with Crippen LogP contribution < -0.4 is 5.73 Å². The molecule has 0 unspecified atom stereocenters. The highest BCUT2D eigenvalue weighted by Crippen LogP contribution is 2.29. The van der Waals surface area contributed by atoms with E-state index in [4.69, 9.17) is 11.0 Å². The van der Waals surface area contributed by atoms with Crippen LogP contribution in [-0.2, 0) is 0 Å². The Morgan fingerprint density at radius 1 is 1.25 bits per heavy atom. The third kappa shape index (κ3) is 2.90. The molecule has 0 spiro atoms. The molecule has 0 aliphatic rings. The van der Waals surface area contributed by atoms with E-state index in [0.29, 0.717) is 32.7 Å². The first-order valence-corrected chi connectivity index (χ1v) is 8.87. The van der Waals surface area contributed by atoms with E-state index in [0.717, 1.165) is 0 Å². The SMILES string of the molecule is Cc1cc(C#N)nn1-c1nc(-n2cnc3cc(Br)c(N)cc32)ccc1C(F)F. The zero-order valence-electron chi connectivity index (χ0n) is 14.4. The molecule has 7 nitrogen and oxygen atoms in total. The quantitative estimate of drug-likeness (QED) is 0.481. The third-order valence-corrected chi connectivity index (χ3v) is 4.93. The molecule has 0 fully saturated rings. The van der Waals surface area contributed by atoms with Gasteiger partial charge in [0.2, 0.25) is 0 Å². The number of nitrogens with two attached hydrogens (primary N) is 1. The first kappa shape index (κ1) is 18.1. The van der Waals surface area contributed by atoms with Crippen LogP contribution in [0.4, 0.5) is 14.5 Å². The fourth-order valence-corrected chi connectivity index (χ4v) is 3.23. The Labute approximate surface area is 166 Å². The van der Waals surface area contributed by atoms with Gasteiger partial charge in [-0.15, -0.1) is 0 Å². The van der Waals surface area contributed by atoms with Gasteiger partial charge in [-0.25, -0.2) is 23.4 Å². The van der Waals surface area contributed by atoms with E-state index in [9.17, 15) is 8.78 Å². The molecule has 0 saturated carbocycles. The van der Waals surface area contributed by atoms with Crippen molar-refractivity contribution in [3.8, 4) is 17.7 Å². The molecule has 4 aromatic rings. The van der Waals surface area contributed by atoms with E-state index < -0.39 is 6.43 Å². The minimum absolute atomic E-state index is 0.0431. The standard InChI is InChI=1S/C18H12BrF2N7/c1-9-4-10(7-22)26-28(9)18-11(17(20)21)2-3-16(25-18)27-8-24-14-5-12(19)13(23)6-15(14)27/h2-6,8,17H,23H2,1H3. The predicted molar refractivity (Wildman–Crippen MR) is 103 cm³/mol. The lowest BCUT2D eigenvalue weighted by Crippen LogP contribution is -2.09. The Morgan fingerprint density at radius 3 is 2.71 bits per heavy atom. The van der Waals surface area contributed by atoms with E-state index in [1.807, 2.05) is 6.07 Å². The number of benzene rings is 1. The maximum atomic E-state index is 13.6. The van der Waals surface area contributed by atoms with Crippen molar-refractivity contribution in [2.45, 2.75) is 13.3 Å². The maximum absolute atomic E-state index is 13.6. The van der Waals surface area contributed by atoms with Crippen LogP contribution in [0.3, 0.4) is 0 Å². The smallest absolute Gasteiger partial charge is 0.267 e. The molecular formula is C18H12BrF2N7. The van der Waals surface area contributed by atoms with Crippen molar-refractivity contribution in [3.63, 3.8) is 0 Å². The minimum Gasteiger partial charge on any atom is -0.398 e. The zero-order chi connectivity index (χ0) is 20.0. The van der Waals surface area contributed by atoms with E-state index in [1.54, 1.807) is 30.0 Å². The molecule has 0 saturated heterocycles. The van der Waals surface area contributed by atoms with E-state index in [1.165, 1.54) is 22.9 Å². The Morgan fingerprint density at radius 2 is 2.04 bits per heavy atom. The molecule has 10 heteroatoms. The molecule has 28 heavy (non-hydrogen) atoms. The van der Waals surface area contributed by atoms with Gasteiger partial charge in [0.1, 0.15) is 18.2 Å². The largest absolute Gasteiger partial charge is 0.398 e. The van der Waals surface area contributed by atoms with Gasteiger partial charge >= 0.3 is 0 Å². The van der Waals surface area contributed by atoms with Crippen molar-refractivity contribution < 1.29 is 8.78 Å². The summed E-state index contributed by atoms with van der Waals surface area (Å²) in [7, 11) is 0. The summed E-state index contributed by atoms with van der Waals surface area (Å²) in [5.41, 5.74) is 8.18. The number of nitrogen functional groups attached to an aromatic ring is 1. The van der Waals surface area contributed by atoms with Crippen molar-refractivity contribution in [2.75, 3.05) is 5.73 Å². The maximum Gasteiger partial charge on any atom is 0.267 e. The van der Waals surface area contributed by atoms with Gasteiger partial charge in [-0.05, 0) is 53.2 Å². The normalized spacial score (nSPS) is 11.3.